The number of nitrogens with two attached hydrogens (primary N) is 2. The molecule has 0 amide bonds. The molecule has 88 valence electrons. The number of rotatable bonds is 2. The normalized spacial score (nSPS) is 10.2. The van der Waals surface area contributed by atoms with E-state index in [0.717, 1.165) is 10.2 Å². The van der Waals surface area contributed by atoms with Gasteiger partial charge in [0.25, 0.3) is 0 Å². The fraction of sp³-hybridized carbons (Fsp3) is 0.0833. The number of aryl methyl sites for hydroxylation is 1. The summed E-state index contributed by atoms with van der Waals surface area (Å²) in [4.78, 5) is 4.15. The molecule has 0 bridgehead atoms. The molecule has 0 fully saturated rings. The third kappa shape index (κ3) is 2.68. The second-order valence-corrected chi connectivity index (χ2v) is 4.61. The van der Waals surface area contributed by atoms with Gasteiger partial charge in [0.1, 0.15) is 11.6 Å². The maximum Gasteiger partial charge on any atom is 0.149 e. The van der Waals surface area contributed by atoms with Crippen LogP contribution in [-0.2, 0) is 0 Å². The largest absolute Gasteiger partial charge is 0.396 e. The quantitative estimate of drug-likeness (QED) is 0.795. The highest BCUT2D eigenvalue weighted by atomic mass is 79.9. The fourth-order valence-corrected chi connectivity index (χ4v) is 1.75. The summed E-state index contributed by atoms with van der Waals surface area (Å²) < 4.78 is 1.05. The number of anilines is 4. The van der Waals surface area contributed by atoms with Crippen molar-refractivity contribution >= 4 is 38.9 Å². The molecule has 2 rings (SSSR count). The van der Waals surface area contributed by atoms with Crippen molar-refractivity contribution in [1.29, 1.82) is 0 Å². The molecule has 4 nitrogen and oxygen atoms in total. The monoisotopic (exact) mass is 292 g/mol. The molecule has 0 saturated carbocycles. The van der Waals surface area contributed by atoms with E-state index in [1.807, 2.05) is 25.1 Å². The summed E-state index contributed by atoms with van der Waals surface area (Å²) in [6.45, 7) is 2.04. The molecule has 17 heavy (non-hydrogen) atoms. The number of pyridine rings is 1. The van der Waals surface area contributed by atoms with Gasteiger partial charge in [0.15, 0.2) is 0 Å². The molecule has 0 aliphatic heterocycles. The highest BCUT2D eigenvalue weighted by Crippen LogP contribution is 2.24. The summed E-state index contributed by atoms with van der Waals surface area (Å²) in [6, 6.07) is 9.51. The van der Waals surface area contributed by atoms with Crippen LogP contribution in [-0.4, -0.2) is 4.98 Å². The lowest BCUT2D eigenvalue weighted by atomic mass is 10.2. The Kier molecular flexibility index (Phi) is 3.19. The minimum Gasteiger partial charge on any atom is -0.396 e. The van der Waals surface area contributed by atoms with Gasteiger partial charge in [-0.2, -0.15) is 0 Å². The second kappa shape index (κ2) is 4.63. The van der Waals surface area contributed by atoms with Crippen molar-refractivity contribution in [1.82, 2.24) is 4.98 Å². The van der Waals surface area contributed by atoms with E-state index in [9.17, 15) is 0 Å². The minimum atomic E-state index is 0.334. The van der Waals surface area contributed by atoms with Crippen LogP contribution in [0.1, 0.15) is 5.56 Å². The Labute approximate surface area is 108 Å². The minimum absolute atomic E-state index is 0.334. The van der Waals surface area contributed by atoms with Crippen LogP contribution in [0.15, 0.2) is 34.8 Å². The summed E-state index contributed by atoms with van der Waals surface area (Å²) >= 11 is 3.48. The van der Waals surface area contributed by atoms with Crippen LogP contribution in [0.4, 0.5) is 23.0 Å². The lowest BCUT2D eigenvalue weighted by Crippen LogP contribution is -2.01. The second-order valence-electron chi connectivity index (χ2n) is 3.76. The Morgan fingerprint density at radius 1 is 1.18 bits per heavy atom. The number of halogens is 1. The predicted octanol–water partition coefficient (Wildman–Crippen LogP) is 3.06. The molecule has 0 spiro atoms. The lowest BCUT2D eigenvalue weighted by Gasteiger charge is -2.08. The predicted molar refractivity (Wildman–Crippen MR) is 75.2 cm³/mol. The van der Waals surface area contributed by atoms with Crippen molar-refractivity contribution in [2.24, 2.45) is 0 Å². The number of aromatic nitrogens is 1. The first-order chi connectivity index (χ1) is 8.06. The van der Waals surface area contributed by atoms with E-state index in [4.69, 9.17) is 11.5 Å². The van der Waals surface area contributed by atoms with Gasteiger partial charge >= 0.3 is 0 Å². The van der Waals surface area contributed by atoms with Crippen molar-refractivity contribution < 1.29 is 0 Å². The molecule has 1 aromatic carbocycles. The van der Waals surface area contributed by atoms with Gasteiger partial charge in [-0.25, -0.2) is 4.98 Å². The van der Waals surface area contributed by atoms with Crippen LogP contribution in [0.2, 0.25) is 0 Å². The third-order valence-corrected chi connectivity index (χ3v) is 3.26. The first-order valence-electron chi connectivity index (χ1n) is 5.11. The Bertz CT molecular complexity index is 505. The average molecular weight is 293 g/mol. The van der Waals surface area contributed by atoms with E-state index in [-0.39, 0.29) is 0 Å². The molecule has 2 aromatic rings. The summed E-state index contributed by atoms with van der Waals surface area (Å²) in [7, 11) is 0. The van der Waals surface area contributed by atoms with Gasteiger partial charge in [-0.1, -0.05) is 22.0 Å². The van der Waals surface area contributed by atoms with Gasteiger partial charge in [0, 0.05) is 10.2 Å². The standard InChI is InChI=1S/C12H13BrN4/c1-7-2-3-8(6-9(7)13)16-11-5-4-10(14)12(15)17-11/h2-6H,14H2,1H3,(H3,15,16,17). The van der Waals surface area contributed by atoms with Crippen LogP contribution < -0.4 is 16.8 Å². The van der Waals surface area contributed by atoms with E-state index in [2.05, 4.69) is 26.2 Å². The van der Waals surface area contributed by atoms with Gasteiger partial charge in [0.05, 0.1) is 5.69 Å². The first kappa shape index (κ1) is 11.7. The number of nitrogens with one attached hydrogen (secondary N) is 1. The Morgan fingerprint density at radius 2 is 1.94 bits per heavy atom. The molecule has 0 saturated heterocycles. The summed E-state index contributed by atoms with van der Waals surface area (Å²) in [5, 5.41) is 3.16. The molecule has 0 radical (unpaired) electrons. The van der Waals surface area contributed by atoms with Crippen LogP contribution in [0, 0.1) is 6.92 Å². The highest BCUT2D eigenvalue weighted by molar-refractivity contribution is 9.10. The van der Waals surface area contributed by atoms with E-state index >= 15 is 0 Å². The topological polar surface area (TPSA) is 77.0 Å². The maximum absolute atomic E-state index is 5.64. The Balaban J connectivity index is 2.25. The summed E-state index contributed by atoms with van der Waals surface area (Å²) in [5.41, 5.74) is 13.9. The highest BCUT2D eigenvalue weighted by Gasteiger charge is 2.01. The number of benzene rings is 1. The van der Waals surface area contributed by atoms with Crippen molar-refractivity contribution in [2.45, 2.75) is 6.92 Å². The smallest absolute Gasteiger partial charge is 0.149 e. The van der Waals surface area contributed by atoms with Crippen molar-refractivity contribution in [3.05, 3.63) is 40.4 Å². The van der Waals surface area contributed by atoms with Crippen molar-refractivity contribution in [3.8, 4) is 0 Å². The average Bonchev–Trinajstić information content (AvgIpc) is 2.29. The summed E-state index contributed by atoms with van der Waals surface area (Å²) in [6.07, 6.45) is 0. The van der Waals surface area contributed by atoms with Crippen LogP contribution >= 0.6 is 15.9 Å². The van der Waals surface area contributed by atoms with Crippen molar-refractivity contribution in [3.63, 3.8) is 0 Å². The Hall–Kier alpha value is -1.75. The zero-order chi connectivity index (χ0) is 12.4. The maximum atomic E-state index is 5.64. The molecule has 0 aliphatic carbocycles. The third-order valence-electron chi connectivity index (χ3n) is 2.40. The molecule has 0 unspecified atom stereocenters. The van der Waals surface area contributed by atoms with Gasteiger partial charge in [-0.3, -0.25) is 0 Å². The number of nitrogens with zero attached hydrogens (tertiary/aromatic N) is 1. The molecule has 1 heterocycles. The van der Waals surface area contributed by atoms with Gasteiger partial charge in [-0.05, 0) is 36.8 Å². The number of hydrogen-bond acceptors (Lipinski definition) is 4. The summed E-state index contributed by atoms with van der Waals surface area (Å²) in [5.74, 6) is 1.01. The molecular formula is C12H13BrN4. The molecule has 5 N–H and O–H groups in total. The van der Waals surface area contributed by atoms with E-state index in [1.54, 1.807) is 12.1 Å². The van der Waals surface area contributed by atoms with E-state index in [0.29, 0.717) is 17.3 Å². The van der Waals surface area contributed by atoms with Gasteiger partial charge in [-0.15, -0.1) is 0 Å². The zero-order valence-electron chi connectivity index (χ0n) is 9.37. The molecule has 0 aliphatic rings. The fourth-order valence-electron chi connectivity index (χ4n) is 1.37. The number of nitrogen functional groups attached to an aromatic ring is 2. The molecule has 5 heteroatoms. The van der Waals surface area contributed by atoms with Gasteiger partial charge < -0.3 is 16.8 Å². The van der Waals surface area contributed by atoms with Gasteiger partial charge in [0.2, 0.25) is 0 Å². The van der Waals surface area contributed by atoms with E-state index in [1.165, 1.54) is 5.56 Å². The molecule has 0 atom stereocenters. The Morgan fingerprint density at radius 3 is 2.59 bits per heavy atom. The molecular weight excluding hydrogens is 280 g/mol. The van der Waals surface area contributed by atoms with E-state index < -0.39 is 0 Å². The van der Waals surface area contributed by atoms with Crippen LogP contribution in [0.5, 0.6) is 0 Å². The first-order valence-corrected chi connectivity index (χ1v) is 5.91. The number of hydrogen-bond donors (Lipinski definition) is 3. The van der Waals surface area contributed by atoms with Crippen molar-refractivity contribution in [2.75, 3.05) is 16.8 Å². The zero-order valence-corrected chi connectivity index (χ0v) is 11.0. The van der Waals surface area contributed by atoms with Crippen LogP contribution in [0.3, 0.4) is 0 Å². The molecule has 1 aromatic heterocycles. The lowest BCUT2D eigenvalue weighted by molar-refractivity contribution is 1.31. The SMILES string of the molecule is Cc1ccc(Nc2ccc(N)c(N)n2)cc1Br. The van der Waals surface area contributed by atoms with Crippen LogP contribution in [0.25, 0.3) is 0 Å².